The quantitative estimate of drug-likeness (QED) is 0.0583. The molecule has 0 aromatic carbocycles. The number of hydrogen-bond donors (Lipinski definition) is 0. The molecule has 6 heteroatoms. The first-order valence-electron chi connectivity index (χ1n) is 11.6. The standard InChI is InChI=1S/C26H40O6/c1-5-9-11-13-15-17-21-29-25(7-3)31-23(27)19-20-24(28)32-26(8-4)30-22-18-16-14-12-10-6-2/h13-22,25-26H,5-12H2,1-4H3. The average Bonchev–Trinajstić information content (AvgIpc) is 2.79. The molecule has 0 heterocycles. The molecule has 0 spiro atoms. The minimum atomic E-state index is -0.731. The van der Waals surface area contributed by atoms with Gasteiger partial charge in [0.15, 0.2) is 0 Å². The molecule has 2 atom stereocenters. The minimum Gasteiger partial charge on any atom is -0.462 e. The number of carbonyl (C=O) groups is 2. The van der Waals surface area contributed by atoms with Crippen molar-refractivity contribution in [2.45, 2.75) is 91.6 Å². The van der Waals surface area contributed by atoms with E-state index in [0.717, 1.165) is 50.7 Å². The fourth-order valence-electron chi connectivity index (χ4n) is 2.24. The Hall–Kier alpha value is -2.76. The smallest absolute Gasteiger partial charge is 0.334 e. The maximum atomic E-state index is 11.9. The van der Waals surface area contributed by atoms with E-state index in [1.165, 1.54) is 12.5 Å². The molecule has 32 heavy (non-hydrogen) atoms. The predicted molar refractivity (Wildman–Crippen MR) is 127 cm³/mol. The molecule has 0 aliphatic carbocycles. The van der Waals surface area contributed by atoms with Gasteiger partial charge in [-0.05, 0) is 25.0 Å². The van der Waals surface area contributed by atoms with Crippen molar-refractivity contribution in [3.63, 3.8) is 0 Å². The normalized spacial score (nSPS) is 14.0. The van der Waals surface area contributed by atoms with E-state index in [2.05, 4.69) is 26.0 Å². The molecule has 0 aliphatic rings. The molecule has 0 radical (unpaired) electrons. The van der Waals surface area contributed by atoms with Crippen LogP contribution in [0.3, 0.4) is 0 Å². The molecule has 0 fully saturated rings. The molecule has 0 aromatic heterocycles. The highest BCUT2D eigenvalue weighted by Gasteiger charge is 2.12. The Morgan fingerprint density at radius 1 is 0.656 bits per heavy atom. The number of ether oxygens (including phenoxy) is 4. The van der Waals surface area contributed by atoms with Crippen molar-refractivity contribution in [3.8, 4) is 0 Å². The van der Waals surface area contributed by atoms with Gasteiger partial charge < -0.3 is 18.9 Å². The van der Waals surface area contributed by atoms with Crippen LogP contribution in [0.15, 0.2) is 61.1 Å². The van der Waals surface area contributed by atoms with Gasteiger partial charge in [0.2, 0.25) is 12.6 Å². The summed E-state index contributed by atoms with van der Waals surface area (Å²) in [5.41, 5.74) is 0. The van der Waals surface area contributed by atoms with Crippen LogP contribution < -0.4 is 0 Å². The van der Waals surface area contributed by atoms with E-state index >= 15 is 0 Å². The van der Waals surface area contributed by atoms with E-state index in [1.807, 2.05) is 26.0 Å². The highest BCUT2D eigenvalue weighted by molar-refractivity contribution is 5.91. The van der Waals surface area contributed by atoms with Crippen LogP contribution in [-0.4, -0.2) is 24.5 Å². The van der Waals surface area contributed by atoms with Crippen LogP contribution in [0.2, 0.25) is 0 Å². The van der Waals surface area contributed by atoms with Gasteiger partial charge in [0.25, 0.3) is 0 Å². The lowest BCUT2D eigenvalue weighted by Crippen LogP contribution is -2.19. The number of carbonyl (C=O) groups excluding carboxylic acids is 2. The Morgan fingerprint density at radius 2 is 1.06 bits per heavy atom. The maximum absolute atomic E-state index is 11.9. The number of esters is 2. The van der Waals surface area contributed by atoms with E-state index in [0.29, 0.717) is 12.8 Å². The van der Waals surface area contributed by atoms with Crippen molar-refractivity contribution in [3.05, 3.63) is 61.1 Å². The molecule has 0 aliphatic heterocycles. The second-order valence-corrected chi connectivity index (χ2v) is 6.95. The predicted octanol–water partition coefficient (Wildman–Crippen LogP) is 6.65. The van der Waals surface area contributed by atoms with Crippen LogP contribution >= 0.6 is 0 Å². The molecule has 0 N–H and O–H groups in total. The molecule has 0 saturated heterocycles. The monoisotopic (exact) mass is 448 g/mol. The van der Waals surface area contributed by atoms with Crippen molar-refractivity contribution < 1.29 is 28.5 Å². The summed E-state index contributed by atoms with van der Waals surface area (Å²) in [4.78, 5) is 23.8. The topological polar surface area (TPSA) is 71.1 Å². The Morgan fingerprint density at radius 3 is 1.41 bits per heavy atom. The Bertz CT molecular complexity index is 576. The van der Waals surface area contributed by atoms with E-state index in [1.54, 1.807) is 12.2 Å². The van der Waals surface area contributed by atoms with E-state index in [-0.39, 0.29) is 0 Å². The maximum Gasteiger partial charge on any atom is 0.334 e. The lowest BCUT2D eigenvalue weighted by Gasteiger charge is -2.14. The van der Waals surface area contributed by atoms with Crippen molar-refractivity contribution in [2.24, 2.45) is 0 Å². The Kier molecular flexibility index (Phi) is 19.6. The summed E-state index contributed by atoms with van der Waals surface area (Å²) >= 11 is 0. The minimum absolute atomic E-state index is 0.471. The molecule has 0 aromatic rings. The summed E-state index contributed by atoms with van der Waals surface area (Å²) in [5, 5.41) is 0. The lowest BCUT2D eigenvalue weighted by atomic mass is 10.2. The van der Waals surface area contributed by atoms with Gasteiger partial charge in [0, 0.05) is 25.0 Å². The third-order valence-electron chi connectivity index (χ3n) is 4.08. The van der Waals surface area contributed by atoms with Gasteiger partial charge in [-0.1, -0.05) is 77.7 Å². The second-order valence-electron chi connectivity index (χ2n) is 6.95. The third kappa shape index (κ3) is 18.0. The molecule has 0 saturated carbocycles. The molecular formula is C26H40O6. The zero-order chi connectivity index (χ0) is 23.9. The van der Waals surface area contributed by atoms with Gasteiger partial charge in [-0.25, -0.2) is 9.59 Å². The summed E-state index contributed by atoms with van der Waals surface area (Å²) in [5.74, 6) is -1.38. The van der Waals surface area contributed by atoms with E-state index in [9.17, 15) is 9.59 Å². The summed E-state index contributed by atoms with van der Waals surface area (Å²) in [6.07, 6.45) is 22.5. The van der Waals surface area contributed by atoms with Crippen LogP contribution in [0.25, 0.3) is 0 Å². The van der Waals surface area contributed by atoms with Crippen LogP contribution in [0.4, 0.5) is 0 Å². The van der Waals surface area contributed by atoms with Crippen molar-refractivity contribution in [1.29, 1.82) is 0 Å². The van der Waals surface area contributed by atoms with Gasteiger partial charge in [0.05, 0.1) is 12.5 Å². The highest BCUT2D eigenvalue weighted by Crippen LogP contribution is 2.05. The molecule has 0 bridgehead atoms. The first kappa shape index (κ1) is 29.2. The van der Waals surface area contributed by atoms with Gasteiger partial charge in [-0.3, -0.25) is 0 Å². The summed E-state index contributed by atoms with van der Waals surface area (Å²) in [6, 6.07) is 0. The Balaban J connectivity index is 4.33. The van der Waals surface area contributed by atoms with Gasteiger partial charge >= 0.3 is 11.9 Å². The van der Waals surface area contributed by atoms with Crippen LogP contribution in [-0.2, 0) is 28.5 Å². The molecule has 0 amide bonds. The molecular weight excluding hydrogens is 408 g/mol. The van der Waals surface area contributed by atoms with Crippen molar-refractivity contribution in [2.75, 3.05) is 0 Å². The van der Waals surface area contributed by atoms with Crippen LogP contribution in [0.1, 0.15) is 79.1 Å². The molecule has 2 unspecified atom stereocenters. The zero-order valence-electron chi connectivity index (χ0n) is 20.0. The average molecular weight is 449 g/mol. The van der Waals surface area contributed by atoms with Gasteiger partial charge in [-0.2, -0.15) is 0 Å². The van der Waals surface area contributed by atoms with E-state index < -0.39 is 24.5 Å². The summed E-state index contributed by atoms with van der Waals surface area (Å²) < 4.78 is 21.1. The largest absolute Gasteiger partial charge is 0.462 e. The van der Waals surface area contributed by atoms with Crippen molar-refractivity contribution >= 4 is 11.9 Å². The first-order valence-corrected chi connectivity index (χ1v) is 11.6. The first-order chi connectivity index (χ1) is 15.6. The second kappa shape index (κ2) is 21.5. The molecule has 6 nitrogen and oxygen atoms in total. The van der Waals surface area contributed by atoms with Gasteiger partial charge in [0.1, 0.15) is 0 Å². The molecule has 0 rings (SSSR count). The summed E-state index contributed by atoms with van der Waals surface area (Å²) in [6.45, 7) is 7.94. The number of unbranched alkanes of at least 4 members (excludes halogenated alkanes) is 4. The molecule has 180 valence electrons. The highest BCUT2D eigenvalue weighted by atomic mass is 16.7. The zero-order valence-corrected chi connectivity index (χ0v) is 20.0. The SMILES string of the molecule is CCCCC=CC=COC(CC)OC(=O)C=CC(=O)OC(CC)OC=CC=CCCCC. The number of rotatable bonds is 18. The summed E-state index contributed by atoms with van der Waals surface area (Å²) in [7, 11) is 0. The fraction of sp³-hybridized carbons (Fsp3) is 0.538. The third-order valence-corrected chi connectivity index (χ3v) is 4.08. The van der Waals surface area contributed by atoms with Crippen molar-refractivity contribution in [1.82, 2.24) is 0 Å². The fourth-order valence-corrected chi connectivity index (χ4v) is 2.24. The number of hydrogen-bond acceptors (Lipinski definition) is 6. The lowest BCUT2D eigenvalue weighted by molar-refractivity contribution is -0.166. The van der Waals surface area contributed by atoms with Crippen LogP contribution in [0, 0.1) is 0 Å². The van der Waals surface area contributed by atoms with E-state index in [4.69, 9.17) is 18.9 Å². The van der Waals surface area contributed by atoms with Crippen LogP contribution in [0.5, 0.6) is 0 Å². The number of allylic oxidation sites excluding steroid dienone is 6. The van der Waals surface area contributed by atoms with Gasteiger partial charge in [-0.15, -0.1) is 0 Å². The Labute approximate surface area is 193 Å².